The lowest BCUT2D eigenvalue weighted by molar-refractivity contribution is 0.0534. The lowest BCUT2D eigenvalue weighted by Crippen LogP contribution is -2.44. The van der Waals surface area contributed by atoms with Crippen molar-refractivity contribution in [1.82, 2.24) is 19.9 Å². The highest BCUT2D eigenvalue weighted by Crippen LogP contribution is 2.33. The van der Waals surface area contributed by atoms with Crippen molar-refractivity contribution in [2.45, 2.75) is 25.6 Å². The number of pyridine rings is 1. The van der Waals surface area contributed by atoms with Gasteiger partial charge in [-0.25, -0.2) is 9.37 Å². The van der Waals surface area contributed by atoms with Gasteiger partial charge in [-0.15, -0.1) is 0 Å². The molecule has 5 nitrogen and oxygen atoms in total. The SMILES string of the molecule is C[C@H](F)[C@H]1c2cccnc2CCN1C(=O)c1nc2c(Cl)cccc2[nH]1. The molecule has 0 radical (unpaired) electrons. The number of fused-ring (bicyclic) bond motifs is 2. The molecule has 25 heavy (non-hydrogen) atoms. The van der Waals surface area contributed by atoms with Crippen molar-refractivity contribution in [1.29, 1.82) is 0 Å². The summed E-state index contributed by atoms with van der Waals surface area (Å²) in [5.74, 6) is -0.169. The minimum atomic E-state index is -1.22. The molecule has 0 spiro atoms. The van der Waals surface area contributed by atoms with Gasteiger partial charge < -0.3 is 9.88 Å². The fourth-order valence-electron chi connectivity index (χ4n) is 3.42. The van der Waals surface area contributed by atoms with Gasteiger partial charge in [-0.3, -0.25) is 9.78 Å². The summed E-state index contributed by atoms with van der Waals surface area (Å²) >= 11 is 6.13. The summed E-state index contributed by atoms with van der Waals surface area (Å²) in [5.41, 5.74) is 2.82. The number of imidazole rings is 1. The van der Waals surface area contributed by atoms with E-state index in [-0.39, 0.29) is 11.7 Å². The summed E-state index contributed by atoms with van der Waals surface area (Å²) < 4.78 is 14.4. The molecule has 0 unspecified atom stereocenters. The molecule has 0 saturated carbocycles. The van der Waals surface area contributed by atoms with Crippen molar-refractivity contribution in [3.8, 4) is 0 Å². The zero-order valence-corrected chi connectivity index (χ0v) is 14.3. The van der Waals surface area contributed by atoms with E-state index in [1.165, 1.54) is 11.8 Å². The van der Waals surface area contributed by atoms with Crippen LogP contribution in [0.4, 0.5) is 4.39 Å². The normalized spacial score (nSPS) is 18.2. The number of carbonyl (C=O) groups is 1. The van der Waals surface area contributed by atoms with Gasteiger partial charge >= 0.3 is 0 Å². The summed E-state index contributed by atoms with van der Waals surface area (Å²) in [6.07, 6.45) is 1.06. The topological polar surface area (TPSA) is 61.9 Å². The van der Waals surface area contributed by atoms with Crippen molar-refractivity contribution in [3.63, 3.8) is 0 Å². The van der Waals surface area contributed by atoms with Crippen LogP contribution in [0.1, 0.15) is 34.8 Å². The Balaban J connectivity index is 1.74. The van der Waals surface area contributed by atoms with Crippen molar-refractivity contribution in [3.05, 3.63) is 58.6 Å². The Morgan fingerprint density at radius 1 is 1.40 bits per heavy atom. The summed E-state index contributed by atoms with van der Waals surface area (Å²) in [7, 11) is 0. The number of rotatable bonds is 2. The molecule has 2 atom stereocenters. The molecule has 1 N–H and O–H groups in total. The first kappa shape index (κ1) is 16.0. The highest BCUT2D eigenvalue weighted by atomic mass is 35.5. The summed E-state index contributed by atoms with van der Waals surface area (Å²) in [6.45, 7) is 1.86. The smallest absolute Gasteiger partial charge is 0.290 e. The van der Waals surface area contributed by atoms with Crippen LogP contribution in [0, 0.1) is 0 Å². The van der Waals surface area contributed by atoms with E-state index in [1.54, 1.807) is 30.5 Å². The summed E-state index contributed by atoms with van der Waals surface area (Å²) in [5, 5.41) is 0.469. The van der Waals surface area contributed by atoms with E-state index in [1.807, 2.05) is 6.07 Å². The Morgan fingerprint density at radius 3 is 3.00 bits per heavy atom. The fourth-order valence-corrected chi connectivity index (χ4v) is 3.64. The number of alkyl halides is 1. The number of carbonyl (C=O) groups excluding carboxylic acids is 1. The molecule has 0 bridgehead atoms. The number of aromatic nitrogens is 3. The maximum atomic E-state index is 14.4. The average Bonchev–Trinajstić information content (AvgIpc) is 3.05. The van der Waals surface area contributed by atoms with Gasteiger partial charge in [-0.05, 0) is 30.7 Å². The Hall–Kier alpha value is -2.47. The molecule has 3 heterocycles. The van der Waals surface area contributed by atoms with Gasteiger partial charge in [0.05, 0.1) is 16.6 Å². The molecule has 0 aliphatic carbocycles. The van der Waals surface area contributed by atoms with E-state index in [4.69, 9.17) is 11.6 Å². The van der Waals surface area contributed by atoms with E-state index >= 15 is 0 Å². The quantitative estimate of drug-likeness (QED) is 0.759. The predicted octanol–water partition coefficient (Wildman–Crippen LogP) is 3.71. The van der Waals surface area contributed by atoms with Crippen LogP contribution in [-0.4, -0.2) is 38.5 Å². The van der Waals surface area contributed by atoms with Gasteiger partial charge in [0.25, 0.3) is 5.91 Å². The second-order valence-corrected chi connectivity index (χ2v) is 6.54. The third-order valence-corrected chi connectivity index (χ3v) is 4.84. The first-order chi connectivity index (χ1) is 12.1. The van der Waals surface area contributed by atoms with Gasteiger partial charge in [0.2, 0.25) is 0 Å². The van der Waals surface area contributed by atoms with Crippen LogP contribution in [0.25, 0.3) is 11.0 Å². The molecule has 1 aliphatic heterocycles. The third kappa shape index (κ3) is 2.66. The Morgan fingerprint density at radius 2 is 2.24 bits per heavy atom. The van der Waals surface area contributed by atoms with E-state index in [0.29, 0.717) is 29.0 Å². The van der Waals surface area contributed by atoms with Gasteiger partial charge in [0.1, 0.15) is 11.7 Å². The molecule has 1 aliphatic rings. The number of nitrogens with zero attached hydrogens (tertiary/aromatic N) is 3. The summed E-state index contributed by atoms with van der Waals surface area (Å²) in [4.78, 5) is 26.2. The molecule has 128 valence electrons. The number of hydrogen-bond donors (Lipinski definition) is 1. The zero-order chi connectivity index (χ0) is 17.6. The number of hydrogen-bond acceptors (Lipinski definition) is 3. The van der Waals surface area contributed by atoms with E-state index in [2.05, 4.69) is 15.0 Å². The van der Waals surface area contributed by atoms with Gasteiger partial charge in [-0.1, -0.05) is 23.7 Å². The van der Waals surface area contributed by atoms with Crippen LogP contribution in [0.5, 0.6) is 0 Å². The molecule has 4 rings (SSSR count). The molecular weight excluding hydrogens is 343 g/mol. The zero-order valence-electron chi connectivity index (χ0n) is 13.5. The molecule has 0 fully saturated rings. The lowest BCUT2D eigenvalue weighted by Gasteiger charge is -2.37. The van der Waals surface area contributed by atoms with Crippen LogP contribution in [0.15, 0.2) is 36.5 Å². The van der Waals surface area contributed by atoms with Gasteiger partial charge in [-0.2, -0.15) is 0 Å². The second kappa shape index (κ2) is 6.11. The standard InChI is InChI=1S/C18H16ClFN4O/c1-10(20)16-11-4-3-8-21-13(11)7-9-24(16)18(25)17-22-14-6-2-5-12(19)15(14)23-17/h2-6,8,10,16H,7,9H2,1H3,(H,22,23)/t10-,16-/m0/s1. The molecule has 7 heteroatoms. The summed E-state index contributed by atoms with van der Waals surface area (Å²) in [6, 6.07) is 8.23. The number of amides is 1. The minimum Gasteiger partial charge on any atom is -0.334 e. The Bertz CT molecular complexity index is 955. The van der Waals surface area contributed by atoms with E-state index in [0.717, 1.165) is 11.3 Å². The largest absolute Gasteiger partial charge is 0.334 e. The highest BCUT2D eigenvalue weighted by molar-refractivity contribution is 6.35. The van der Waals surface area contributed by atoms with Gasteiger partial charge in [0.15, 0.2) is 5.82 Å². The Kier molecular flexibility index (Phi) is 3.92. The van der Waals surface area contributed by atoms with Crippen molar-refractivity contribution < 1.29 is 9.18 Å². The van der Waals surface area contributed by atoms with E-state index < -0.39 is 12.2 Å². The fraction of sp³-hybridized carbons (Fsp3) is 0.278. The number of nitrogens with one attached hydrogen (secondary N) is 1. The van der Waals surface area contributed by atoms with Crippen molar-refractivity contribution in [2.75, 3.05) is 6.54 Å². The van der Waals surface area contributed by atoms with E-state index in [9.17, 15) is 9.18 Å². The third-order valence-electron chi connectivity index (χ3n) is 4.53. The maximum absolute atomic E-state index is 14.4. The van der Waals surface area contributed by atoms with Crippen LogP contribution >= 0.6 is 11.6 Å². The number of halogens is 2. The molecule has 0 saturated heterocycles. The molecule has 3 aromatic rings. The molecule has 1 amide bonds. The van der Waals surface area contributed by atoms with Crippen LogP contribution in [-0.2, 0) is 6.42 Å². The number of aromatic amines is 1. The molecular formula is C18H16ClFN4O. The number of para-hydroxylation sites is 1. The highest BCUT2D eigenvalue weighted by Gasteiger charge is 2.36. The van der Waals surface area contributed by atoms with Gasteiger partial charge in [0, 0.05) is 24.9 Å². The van der Waals surface area contributed by atoms with Crippen LogP contribution < -0.4 is 0 Å². The number of benzene rings is 1. The van der Waals surface area contributed by atoms with Crippen LogP contribution in [0.3, 0.4) is 0 Å². The van der Waals surface area contributed by atoms with Crippen molar-refractivity contribution in [2.24, 2.45) is 0 Å². The average molecular weight is 359 g/mol. The maximum Gasteiger partial charge on any atom is 0.290 e. The number of H-pyrrole nitrogens is 1. The Labute approximate surface area is 148 Å². The first-order valence-corrected chi connectivity index (χ1v) is 8.47. The van der Waals surface area contributed by atoms with Crippen LogP contribution in [0.2, 0.25) is 5.02 Å². The first-order valence-electron chi connectivity index (χ1n) is 8.09. The molecule has 1 aromatic carbocycles. The molecule has 2 aromatic heterocycles. The second-order valence-electron chi connectivity index (χ2n) is 6.13. The predicted molar refractivity (Wildman–Crippen MR) is 93.4 cm³/mol. The van der Waals surface area contributed by atoms with Crippen molar-refractivity contribution >= 4 is 28.5 Å². The lowest BCUT2D eigenvalue weighted by atomic mass is 9.94. The minimum absolute atomic E-state index is 0.168. The monoisotopic (exact) mass is 358 g/mol.